The molecule has 1 aromatic rings. The van der Waals surface area contributed by atoms with Crippen molar-refractivity contribution in [3.63, 3.8) is 0 Å². The molecule has 0 aromatic heterocycles. The maximum Gasteiger partial charge on any atom is 0.269 e. The number of hydrazine groups is 2. The van der Waals surface area contributed by atoms with E-state index in [1.54, 1.807) is 14.2 Å². The lowest BCUT2D eigenvalue weighted by atomic mass is 10.1. The van der Waals surface area contributed by atoms with Gasteiger partial charge in [-0.1, -0.05) is 0 Å². The number of ether oxygens (including phenoxy) is 14. The number of carbonyl (C=O) groups excluding carboxylic acids is 2. The van der Waals surface area contributed by atoms with Gasteiger partial charge < -0.3 is 66.3 Å². The summed E-state index contributed by atoms with van der Waals surface area (Å²) in [5.41, 5.74) is 4.21. The second-order valence-corrected chi connectivity index (χ2v) is 10.6. The van der Waals surface area contributed by atoms with Crippen LogP contribution in [-0.2, 0) is 56.8 Å². The van der Waals surface area contributed by atoms with Gasteiger partial charge in [0.25, 0.3) is 11.8 Å². The number of hydrogen-bond donors (Lipinski definition) is 4. The van der Waals surface area contributed by atoms with E-state index in [0.717, 1.165) is 0 Å². The molecular weight excluding hydrogens is 720 g/mol. The van der Waals surface area contributed by atoms with Crippen molar-refractivity contribution >= 4 is 11.8 Å². The van der Waals surface area contributed by atoms with E-state index >= 15 is 0 Å². The number of amides is 2. The molecule has 0 bridgehead atoms. The smallest absolute Gasteiger partial charge is 0.269 e. The zero-order valence-corrected chi connectivity index (χ0v) is 31.8. The van der Waals surface area contributed by atoms with Crippen molar-refractivity contribution in [3.8, 4) is 11.5 Å². The third-order valence-electron chi connectivity index (χ3n) is 6.64. The van der Waals surface area contributed by atoms with Crippen LogP contribution in [0.4, 0.5) is 0 Å². The Morgan fingerprint density at radius 3 is 0.796 bits per heavy atom. The van der Waals surface area contributed by atoms with Crippen LogP contribution in [0.1, 0.15) is 20.7 Å². The zero-order chi connectivity index (χ0) is 39.2. The van der Waals surface area contributed by atoms with E-state index in [4.69, 9.17) is 78.0 Å². The van der Waals surface area contributed by atoms with Crippen LogP contribution in [0.3, 0.4) is 0 Å². The molecule has 1 aromatic carbocycles. The summed E-state index contributed by atoms with van der Waals surface area (Å²) in [6.45, 7) is 9.52. The van der Waals surface area contributed by atoms with E-state index in [1.165, 1.54) is 12.1 Å². The molecule has 0 aliphatic heterocycles. The molecule has 0 radical (unpaired) electrons. The molecule has 0 aliphatic carbocycles. The highest BCUT2D eigenvalue weighted by Crippen LogP contribution is 2.29. The van der Waals surface area contributed by atoms with E-state index in [9.17, 15) is 9.59 Å². The Kier molecular flexibility index (Phi) is 33.9. The van der Waals surface area contributed by atoms with Gasteiger partial charge in [-0.3, -0.25) is 20.4 Å². The predicted octanol–water partition coefficient (Wildman–Crippen LogP) is -0.890. The van der Waals surface area contributed by atoms with Crippen LogP contribution < -0.4 is 32.0 Å². The molecule has 0 atom stereocenters. The molecule has 0 aliphatic rings. The fourth-order valence-electron chi connectivity index (χ4n) is 3.98. The normalized spacial score (nSPS) is 11.2. The summed E-state index contributed by atoms with van der Waals surface area (Å²) in [5, 5.41) is 0. The Bertz CT molecular complexity index is 966. The summed E-state index contributed by atoms with van der Waals surface area (Å²) in [6.07, 6.45) is 0. The Labute approximate surface area is 317 Å². The van der Waals surface area contributed by atoms with Gasteiger partial charge in [0.05, 0.1) is 156 Å². The maximum absolute atomic E-state index is 12.5. The fraction of sp³-hybridized carbons (Fsp3) is 0.765. The van der Waals surface area contributed by atoms with Crippen molar-refractivity contribution in [2.45, 2.75) is 0 Å². The number of methoxy groups -OCH3 is 2. The highest BCUT2D eigenvalue weighted by molar-refractivity contribution is 6.02. The molecule has 0 spiro atoms. The molecule has 54 heavy (non-hydrogen) atoms. The van der Waals surface area contributed by atoms with Gasteiger partial charge in [-0.2, -0.15) is 0 Å². The van der Waals surface area contributed by atoms with Crippen molar-refractivity contribution in [3.05, 3.63) is 23.3 Å². The van der Waals surface area contributed by atoms with Gasteiger partial charge in [-0.15, -0.1) is 0 Å². The summed E-state index contributed by atoms with van der Waals surface area (Å²) >= 11 is 0. The highest BCUT2D eigenvalue weighted by atomic mass is 16.6. The van der Waals surface area contributed by atoms with Gasteiger partial charge in [0.2, 0.25) is 0 Å². The van der Waals surface area contributed by atoms with Crippen LogP contribution in [0.25, 0.3) is 0 Å². The monoisotopic (exact) mass is 782 g/mol. The van der Waals surface area contributed by atoms with Crippen LogP contribution in [0.15, 0.2) is 12.1 Å². The lowest BCUT2D eigenvalue weighted by Gasteiger charge is -2.16. The van der Waals surface area contributed by atoms with Crippen molar-refractivity contribution in [1.29, 1.82) is 0 Å². The first-order valence-corrected chi connectivity index (χ1v) is 17.8. The average Bonchev–Trinajstić information content (AvgIpc) is 3.19. The SMILES string of the molecule is COCCOCCOCCOCCOCCOCCOc1cc(C(=O)NN)c(OCCOCCOCCOCCOCCOCCOC)cc1C(=O)NN. The van der Waals surface area contributed by atoms with Gasteiger partial charge in [0, 0.05) is 14.2 Å². The number of carbonyl (C=O) groups is 2. The molecule has 2 amide bonds. The van der Waals surface area contributed by atoms with Crippen molar-refractivity contribution < 1.29 is 75.9 Å². The fourth-order valence-corrected chi connectivity index (χ4v) is 3.98. The molecular formula is C34H62N4O16. The number of hydrogen-bond acceptors (Lipinski definition) is 18. The first-order valence-electron chi connectivity index (χ1n) is 17.8. The maximum atomic E-state index is 12.5. The van der Waals surface area contributed by atoms with Crippen LogP contribution in [0.5, 0.6) is 11.5 Å². The summed E-state index contributed by atoms with van der Waals surface area (Å²) < 4.78 is 75.6. The molecule has 1 rings (SSSR count). The van der Waals surface area contributed by atoms with Gasteiger partial charge in [0.1, 0.15) is 24.7 Å². The van der Waals surface area contributed by atoms with E-state index in [0.29, 0.717) is 132 Å². The number of nitrogen functional groups attached to an aromatic ring is 2. The van der Waals surface area contributed by atoms with E-state index in [-0.39, 0.29) is 49.1 Å². The summed E-state index contributed by atoms with van der Waals surface area (Å²) in [5.74, 6) is 9.62. The Morgan fingerprint density at radius 2 is 0.593 bits per heavy atom. The van der Waals surface area contributed by atoms with Crippen LogP contribution in [0.2, 0.25) is 0 Å². The minimum absolute atomic E-state index is 0.0419. The lowest BCUT2D eigenvalue weighted by molar-refractivity contribution is -0.0159. The van der Waals surface area contributed by atoms with Crippen molar-refractivity contribution in [2.24, 2.45) is 11.7 Å². The molecule has 0 saturated heterocycles. The topological polar surface area (TPSA) is 239 Å². The molecule has 6 N–H and O–H groups in total. The van der Waals surface area contributed by atoms with E-state index < -0.39 is 11.8 Å². The number of benzene rings is 1. The van der Waals surface area contributed by atoms with Crippen LogP contribution in [-0.4, -0.2) is 185 Å². The van der Waals surface area contributed by atoms with E-state index in [2.05, 4.69) is 10.9 Å². The third-order valence-corrected chi connectivity index (χ3v) is 6.64. The van der Waals surface area contributed by atoms with Gasteiger partial charge in [-0.05, 0) is 12.1 Å². The van der Waals surface area contributed by atoms with Gasteiger partial charge in [0.15, 0.2) is 0 Å². The first-order chi connectivity index (χ1) is 26.6. The van der Waals surface area contributed by atoms with Gasteiger partial charge in [-0.25, -0.2) is 11.7 Å². The first kappa shape index (κ1) is 49.2. The summed E-state index contributed by atoms with van der Waals surface area (Å²) in [4.78, 5) is 25.1. The Morgan fingerprint density at radius 1 is 0.389 bits per heavy atom. The molecule has 0 heterocycles. The molecule has 0 saturated carbocycles. The Balaban J connectivity index is 2.25. The van der Waals surface area contributed by atoms with Crippen molar-refractivity contribution in [2.75, 3.05) is 173 Å². The quantitative estimate of drug-likeness (QED) is 0.0273. The number of rotatable bonds is 40. The zero-order valence-electron chi connectivity index (χ0n) is 31.8. The largest absolute Gasteiger partial charge is 0.490 e. The van der Waals surface area contributed by atoms with Gasteiger partial charge >= 0.3 is 0 Å². The second kappa shape index (κ2) is 37.1. The minimum atomic E-state index is -0.655. The predicted molar refractivity (Wildman–Crippen MR) is 193 cm³/mol. The molecule has 0 unspecified atom stereocenters. The second-order valence-electron chi connectivity index (χ2n) is 10.6. The highest BCUT2D eigenvalue weighted by Gasteiger charge is 2.21. The molecule has 0 fully saturated rings. The minimum Gasteiger partial charge on any atom is -0.490 e. The average molecular weight is 783 g/mol. The number of nitrogens with one attached hydrogen (secondary N) is 2. The van der Waals surface area contributed by atoms with Crippen LogP contribution in [0, 0.1) is 0 Å². The number of nitrogens with two attached hydrogens (primary N) is 2. The summed E-state index contributed by atoms with van der Waals surface area (Å²) in [6, 6.07) is 2.68. The van der Waals surface area contributed by atoms with Crippen molar-refractivity contribution in [1.82, 2.24) is 10.9 Å². The van der Waals surface area contributed by atoms with Crippen LogP contribution >= 0.6 is 0 Å². The standard InChI is InChI=1S/C34H62N4O16/c1-41-3-5-43-7-9-45-11-13-47-15-17-49-19-21-51-23-25-53-31-27-30(34(40)38-36)32(28-29(31)33(39)37-35)54-26-24-52-22-20-50-18-16-48-14-12-46-10-8-44-6-4-42-2/h27-28H,3-26,35-36H2,1-2H3,(H,37,39)(H,38,40). The van der Waals surface area contributed by atoms with E-state index in [1.807, 2.05) is 0 Å². The third kappa shape index (κ3) is 26.9. The molecule has 20 nitrogen and oxygen atoms in total. The lowest BCUT2D eigenvalue weighted by Crippen LogP contribution is -2.32. The summed E-state index contributed by atoms with van der Waals surface area (Å²) in [7, 11) is 3.25. The molecule has 314 valence electrons. The molecule has 20 heteroatoms. The Hall–Kier alpha value is -2.80.